The van der Waals surface area contributed by atoms with Crippen molar-refractivity contribution in [1.29, 1.82) is 0 Å². The SMILES string of the molecule is COC(=O)C(OC)c1ccc(N2C=CCN2)cc1. The first kappa shape index (κ1) is 12.6. The van der Waals surface area contributed by atoms with Crippen LogP contribution in [0.15, 0.2) is 36.5 Å². The molecule has 0 saturated carbocycles. The summed E-state index contributed by atoms with van der Waals surface area (Å²) in [6, 6.07) is 7.56. The smallest absolute Gasteiger partial charge is 0.339 e. The van der Waals surface area contributed by atoms with Gasteiger partial charge in [0.15, 0.2) is 6.10 Å². The zero-order valence-corrected chi connectivity index (χ0v) is 10.4. The molecular formula is C13H16N2O3. The molecule has 0 radical (unpaired) electrons. The summed E-state index contributed by atoms with van der Waals surface area (Å²) < 4.78 is 9.83. The van der Waals surface area contributed by atoms with Crippen molar-refractivity contribution in [2.24, 2.45) is 0 Å². The predicted molar refractivity (Wildman–Crippen MR) is 67.8 cm³/mol. The normalized spacial score (nSPS) is 15.8. The van der Waals surface area contributed by atoms with Gasteiger partial charge in [-0.15, -0.1) is 0 Å². The highest BCUT2D eigenvalue weighted by Gasteiger charge is 2.20. The van der Waals surface area contributed by atoms with Gasteiger partial charge in [-0.05, 0) is 17.7 Å². The van der Waals surface area contributed by atoms with E-state index >= 15 is 0 Å². The van der Waals surface area contributed by atoms with E-state index in [1.54, 1.807) is 0 Å². The van der Waals surface area contributed by atoms with E-state index in [0.29, 0.717) is 0 Å². The van der Waals surface area contributed by atoms with E-state index in [-0.39, 0.29) is 0 Å². The first-order valence-corrected chi connectivity index (χ1v) is 5.66. The highest BCUT2D eigenvalue weighted by atomic mass is 16.6. The van der Waals surface area contributed by atoms with Crippen LogP contribution in [-0.4, -0.2) is 26.7 Å². The first-order chi connectivity index (χ1) is 8.76. The first-order valence-electron chi connectivity index (χ1n) is 5.66. The van der Waals surface area contributed by atoms with Crippen molar-refractivity contribution in [2.45, 2.75) is 6.10 Å². The van der Waals surface area contributed by atoms with Crippen LogP contribution in [0.4, 0.5) is 5.69 Å². The molecule has 1 atom stereocenters. The number of benzene rings is 1. The van der Waals surface area contributed by atoms with Gasteiger partial charge in [0, 0.05) is 19.9 Å². The number of nitrogens with zero attached hydrogens (tertiary/aromatic N) is 1. The van der Waals surface area contributed by atoms with Crippen molar-refractivity contribution in [1.82, 2.24) is 5.43 Å². The van der Waals surface area contributed by atoms with Crippen molar-refractivity contribution in [3.05, 3.63) is 42.1 Å². The average molecular weight is 248 g/mol. The maximum absolute atomic E-state index is 11.5. The molecule has 18 heavy (non-hydrogen) atoms. The highest BCUT2D eigenvalue weighted by molar-refractivity contribution is 5.76. The number of methoxy groups -OCH3 is 2. The van der Waals surface area contributed by atoms with Gasteiger partial charge in [0.2, 0.25) is 0 Å². The summed E-state index contributed by atoms with van der Waals surface area (Å²) in [5, 5.41) is 1.92. The van der Waals surface area contributed by atoms with Crippen LogP contribution in [0, 0.1) is 0 Å². The van der Waals surface area contributed by atoms with E-state index in [9.17, 15) is 4.79 Å². The zero-order chi connectivity index (χ0) is 13.0. The Morgan fingerprint density at radius 3 is 2.56 bits per heavy atom. The van der Waals surface area contributed by atoms with Crippen molar-refractivity contribution in [3.63, 3.8) is 0 Å². The van der Waals surface area contributed by atoms with Crippen LogP contribution in [0.3, 0.4) is 0 Å². The number of rotatable bonds is 4. The van der Waals surface area contributed by atoms with Crippen LogP contribution in [-0.2, 0) is 14.3 Å². The Bertz CT molecular complexity index is 442. The minimum absolute atomic E-state index is 0.399. The molecular weight excluding hydrogens is 232 g/mol. The van der Waals surface area contributed by atoms with Gasteiger partial charge in [0.25, 0.3) is 0 Å². The van der Waals surface area contributed by atoms with Gasteiger partial charge in [-0.25, -0.2) is 10.2 Å². The number of nitrogens with one attached hydrogen (secondary N) is 1. The zero-order valence-electron chi connectivity index (χ0n) is 10.4. The Labute approximate surface area is 106 Å². The lowest BCUT2D eigenvalue weighted by Gasteiger charge is -2.18. The van der Waals surface area contributed by atoms with E-state index in [4.69, 9.17) is 4.74 Å². The molecule has 0 amide bonds. The summed E-state index contributed by atoms with van der Waals surface area (Å²) in [6.07, 6.45) is 3.31. The third-order valence-corrected chi connectivity index (χ3v) is 2.76. The summed E-state index contributed by atoms with van der Waals surface area (Å²) in [5.41, 5.74) is 4.95. The van der Waals surface area contributed by atoms with Crippen molar-refractivity contribution >= 4 is 11.7 Å². The molecule has 1 aromatic carbocycles. The van der Waals surface area contributed by atoms with Crippen LogP contribution in [0.25, 0.3) is 0 Å². The van der Waals surface area contributed by atoms with Gasteiger partial charge in [0.1, 0.15) is 0 Å². The molecule has 5 heteroatoms. The lowest BCUT2D eigenvalue weighted by Crippen LogP contribution is -2.28. The second-order valence-electron chi connectivity index (χ2n) is 3.85. The molecule has 0 fully saturated rings. The molecule has 1 unspecified atom stereocenters. The Balaban J connectivity index is 2.15. The van der Waals surface area contributed by atoms with E-state index in [1.165, 1.54) is 14.2 Å². The summed E-state index contributed by atoms with van der Waals surface area (Å²) in [5.74, 6) is -0.399. The Morgan fingerprint density at radius 1 is 1.33 bits per heavy atom. The highest BCUT2D eigenvalue weighted by Crippen LogP contribution is 2.22. The minimum Gasteiger partial charge on any atom is -0.467 e. The fraction of sp³-hybridized carbons (Fsp3) is 0.308. The molecule has 1 heterocycles. The molecule has 5 nitrogen and oxygen atoms in total. The molecule has 1 aliphatic rings. The van der Waals surface area contributed by atoms with Gasteiger partial charge < -0.3 is 9.47 Å². The number of anilines is 1. The molecule has 2 rings (SSSR count). The van der Waals surface area contributed by atoms with Crippen molar-refractivity contribution in [3.8, 4) is 0 Å². The van der Waals surface area contributed by atoms with E-state index in [1.807, 2.05) is 41.6 Å². The molecule has 96 valence electrons. The number of carbonyl (C=O) groups is 1. The van der Waals surface area contributed by atoms with Gasteiger partial charge in [-0.2, -0.15) is 0 Å². The second-order valence-corrected chi connectivity index (χ2v) is 3.85. The third-order valence-electron chi connectivity index (χ3n) is 2.76. The Morgan fingerprint density at radius 2 is 2.06 bits per heavy atom. The van der Waals surface area contributed by atoms with Crippen LogP contribution in [0.5, 0.6) is 0 Å². The number of hydrazine groups is 1. The summed E-state index contributed by atoms with van der Waals surface area (Å²) in [4.78, 5) is 11.5. The number of ether oxygens (including phenoxy) is 2. The molecule has 0 aromatic heterocycles. The minimum atomic E-state index is -0.675. The number of carbonyl (C=O) groups excluding carboxylic acids is 1. The summed E-state index contributed by atoms with van der Waals surface area (Å²) >= 11 is 0. The molecule has 1 aliphatic heterocycles. The van der Waals surface area contributed by atoms with Crippen molar-refractivity contribution < 1.29 is 14.3 Å². The summed E-state index contributed by atoms with van der Waals surface area (Å²) in [7, 11) is 2.84. The third kappa shape index (κ3) is 2.52. The van der Waals surface area contributed by atoms with E-state index in [2.05, 4.69) is 10.2 Å². The molecule has 0 bridgehead atoms. The Hall–Kier alpha value is -1.85. The van der Waals surface area contributed by atoms with Gasteiger partial charge in [-0.3, -0.25) is 5.01 Å². The predicted octanol–water partition coefficient (Wildman–Crippen LogP) is 1.39. The quantitative estimate of drug-likeness (QED) is 0.816. The standard InChI is InChI=1S/C13H16N2O3/c1-17-12(13(16)18-2)10-4-6-11(7-5-10)15-9-3-8-14-15/h3-7,9,12,14H,8H2,1-2H3. The number of hydrogen-bond acceptors (Lipinski definition) is 5. The lowest BCUT2D eigenvalue weighted by atomic mass is 10.1. The second kappa shape index (κ2) is 5.66. The van der Waals surface area contributed by atoms with Gasteiger partial charge >= 0.3 is 5.97 Å². The largest absolute Gasteiger partial charge is 0.467 e. The molecule has 1 N–H and O–H groups in total. The number of esters is 1. The van der Waals surface area contributed by atoms with Crippen LogP contribution < -0.4 is 10.4 Å². The van der Waals surface area contributed by atoms with Crippen LogP contribution >= 0.6 is 0 Å². The van der Waals surface area contributed by atoms with Gasteiger partial charge in [0.05, 0.1) is 12.8 Å². The van der Waals surface area contributed by atoms with Crippen LogP contribution in [0.1, 0.15) is 11.7 Å². The van der Waals surface area contributed by atoms with E-state index in [0.717, 1.165) is 17.8 Å². The lowest BCUT2D eigenvalue weighted by molar-refractivity contribution is -0.152. The van der Waals surface area contributed by atoms with E-state index < -0.39 is 12.1 Å². The fourth-order valence-corrected chi connectivity index (χ4v) is 1.82. The average Bonchev–Trinajstić information content (AvgIpc) is 2.94. The molecule has 0 saturated heterocycles. The summed E-state index contributed by atoms with van der Waals surface area (Å²) in [6.45, 7) is 0.824. The van der Waals surface area contributed by atoms with Crippen molar-refractivity contribution in [2.75, 3.05) is 25.8 Å². The fourth-order valence-electron chi connectivity index (χ4n) is 1.82. The molecule has 0 spiro atoms. The molecule has 1 aromatic rings. The van der Waals surface area contributed by atoms with Gasteiger partial charge in [-0.1, -0.05) is 18.2 Å². The topological polar surface area (TPSA) is 50.8 Å². The number of hydrogen-bond donors (Lipinski definition) is 1. The maximum Gasteiger partial charge on any atom is 0.339 e. The Kier molecular flexibility index (Phi) is 3.96. The monoisotopic (exact) mass is 248 g/mol. The maximum atomic E-state index is 11.5. The molecule has 0 aliphatic carbocycles. The van der Waals surface area contributed by atoms with Crippen LogP contribution in [0.2, 0.25) is 0 Å².